The van der Waals surface area contributed by atoms with Gasteiger partial charge in [0, 0.05) is 22.9 Å². The fraction of sp³-hybridized carbons (Fsp3) is 0.192. The highest BCUT2D eigenvalue weighted by molar-refractivity contribution is 7.09. The Morgan fingerprint density at radius 1 is 1.06 bits per heavy atom. The predicted octanol–water partition coefficient (Wildman–Crippen LogP) is 4.59. The molecule has 3 aromatic carbocycles. The number of nitrogens with one attached hydrogen (secondary N) is 1. The van der Waals surface area contributed by atoms with Gasteiger partial charge in [-0.2, -0.15) is 0 Å². The van der Waals surface area contributed by atoms with Crippen LogP contribution in [0.5, 0.6) is 5.75 Å². The molecule has 0 aliphatic carbocycles. The van der Waals surface area contributed by atoms with Crippen LogP contribution < -0.4 is 5.32 Å². The normalized spacial score (nSPS) is 15.6. The van der Waals surface area contributed by atoms with Crippen molar-refractivity contribution in [2.45, 2.75) is 25.4 Å². The molecule has 2 N–H and O–H groups in total. The molecule has 7 heteroatoms. The van der Waals surface area contributed by atoms with Gasteiger partial charge >= 0.3 is 0 Å². The first-order valence-electron chi connectivity index (χ1n) is 10.9. The van der Waals surface area contributed by atoms with E-state index in [1.165, 1.54) is 11.3 Å². The third-order valence-corrected chi connectivity index (χ3v) is 6.83. The molecule has 2 heterocycles. The molecule has 1 saturated heterocycles. The van der Waals surface area contributed by atoms with Gasteiger partial charge in [-0.1, -0.05) is 60.7 Å². The van der Waals surface area contributed by atoms with Gasteiger partial charge in [-0.25, -0.2) is 4.98 Å². The number of phenolic OH excluding ortho intramolecular Hbond substituents is 1. The number of amides is 2. The molecule has 1 fully saturated rings. The molecule has 0 radical (unpaired) electrons. The van der Waals surface area contributed by atoms with Gasteiger partial charge in [-0.05, 0) is 24.3 Å². The molecule has 5 rings (SSSR count). The van der Waals surface area contributed by atoms with E-state index in [1.807, 2.05) is 60.0 Å². The van der Waals surface area contributed by atoms with Gasteiger partial charge in [0.1, 0.15) is 16.8 Å². The minimum Gasteiger partial charge on any atom is -0.506 e. The van der Waals surface area contributed by atoms with Crippen LogP contribution in [0.15, 0.2) is 72.1 Å². The van der Waals surface area contributed by atoms with Crippen molar-refractivity contribution in [1.29, 1.82) is 0 Å². The predicted molar refractivity (Wildman–Crippen MR) is 129 cm³/mol. The van der Waals surface area contributed by atoms with E-state index in [2.05, 4.69) is 10.3 Å². The first kappa shape index (κ1) is 21.2. The summed E-state index contributed by atoms with van der Waals surface area (Å²) in [5, 5.41) is 17.9. The summed E-state index contributed by atoms with van der Waals surface area (Å²) >= 11 is 1.50. The van der Waals surface area contributed by atoms with Gasteiger partial charge in [0.15, 0.2) is 0 Å². The molecule has 1 unspecified atom stereocenters. The van der Waals surface area contributed by atoms with Crippen molar-refractivity contribution in [2.75, 3.05) is 6.54 Å². The first-order chi connectivity index (χ1) is 16.1. The summed E-state index contributed by atoms with van der Waals surface area (Å²) in [4.78, 5) is 32.4. The molecule has 166 valence electrons. The topological polar surface area (TPSA) is 82.5 Å². The van der Waals surface area contributed by atoms with Crippen LogP contribution in [-0.2, 0) is 11.3 Å². The van der Waals surface area contributed by atoms with Crippen LogP contribution in [0.25, 0.3) is 22.0 Å². The van der Waals surface area contributed by atoms with E-state index in [1.54, 1.807) is 17.0 Å². The number of fused-ring (bicyclic) bond motifs is 1. The zero-order valence-electron chi connectivity index (χ0n) is 17.9. The van der Waals surface area contributed by atoms with E-state index in [4.69, 9.17) is 0 Å². The maximum absolute atomic E-state index is 13.2. The molecule has 1 aliphatic heterocycles. The Bertz CT molecular complexity index is 1320. The third kappa shape index (κ3) is 4.19. The summed E-state index contributed by atoms with van der Waals surface area (Å²) in [5.74, 6) is -0.561. The Balaban J connectivity index is 1.28. The molecule has 0 spiro atoms. The number of likely N-dealkylation sites (tertiary alicyclic amines) is 1. The smallest absolute Gasteiger partial charge is 0.258 e. The van der Waals surface area contributed by atoms with Gasteiger partial charge in [-0.3, -0.25) is 9.59 Å². The van der Waals surface area contributed by atoms with Crippen LogP contribution in [0.4, 0.5) is 0 Å². The Labute approximate surface area is 195 Å². The first-order valence-corrected chi connectivity index (χ1v) is 11.8. The van der Waals surface area contributed by atoms with Crippen molar-refractivity contribution >= 4 is 33.9 Å². The number of aromatic nitrogens is 1. The lowest BCUT2D eigenvalue weighted by molar-refractivity contribution is -0.125. The van der Waals surface area contributed by atoms with Crippen LogP contribution in [0, 0.1) is 0 Å². The Morgan fingerprint density at radius 2 is 1.85 bits per heavy atom. The molecular weight excluding hydrogens is 434 g/mol. The molecule has 1 aromatic heterocycles. The summed E-state index contributed by atoms with van der Waals surface area (Å²) in [6.07, 6.45) is 1.34. The molecule has 0 bridgehead atoms. The number of hydrogen-bond acceptors (Lipinski definition) is 5. The van der Waals surface area contributed by atoms with Crippen LogP contribution in [-0.4, -0.2) is 39.4 Å². The number of carbonyl (C=O) groups excluding carboxylic acids is 2. The van der Waals surface area contributed by atoms with Gasteiger partial charge in [-0.15, -0.1) is 11.3 Å². The van der Waals surface area contributed by atoms with E-state index in [0.29, 0.717) is 24.9 Å². The number of aromatic hydroxyl groups is 1. The standard InChI is InChI=1S/C26H23N3O3S/c30-24-19-10-5-4-7-17(19)12-13-20(24)26(32)29-14-6-11-22(29)25(31)27-15-23-28-21(16-33-23)18-8-2-1-3-9-18/h1-5,7-10,12-13,16,22,30H,6,11,14-15H2,(H,27,31). The van der Waals surface area contributed by atoms with E-state index in [-0.39, 0.29) is 23.1 Å². The number of benzene rings is 3. The molecule has 4 aromatic rings. The molecule has 1 aliphatic rings. The van der Waals surface area contributed by atoms with Crippen molar-refractivity contribution in [1.82, 2.24) is 15.2 Å². The molecule has 6 nitrogen and oxygen atoms in total. The SMILES string of the molecule is O=C(NCc1nc(-c2ccccc2)cs1)C1CCCN1C(=O)c1ccc2ccccc2c1O. The summed E-state index contributed by atoms with van der Waals surface area (Å²) < 4.78 is 0. The van der Waals surface area contributed by atoms with Gasteiger partial charge in [0.05, 0.1) is 17.8 Å². The van der Waals surface area contributed by atoms with E-state index in [9.17, 15) is 14.7 Å². The van der Waals surface area contributed by atoms with E-state index >= 15 is 0 Å². The van der Waals surface area contributed by atoms with E-state index < -0.39 is 6.04 Å². The van der Waals surface area contributed by atoms with Crippen molar-refractivity contribution in [3.8, 4) is 17.0 Å². The molecular formula is C26H23N3O3S. The Morgan fingerprint density at radius 3 is 2.70 bits per heavy atom. The maximum atomic E-state index is 13.2. The lowest BCUT2D eigenvalue weighted by Gasteiger charge is -2.24. The lowest BCUT2D eigenvalue weighted by atomic mass is 10.0. The third-order valence-electron chi connectivity index (χ3n) is 5.98. The van der Waals surface area contributed by atoms with Crippen molar-refractivity contribution in [3.05, 3.63) is 82.7 Å². The number of nitrogens with zero attached hydrogens (tertiary/aromatic N) is 2. The minimum absolute atomic E-state index is 0.0413. The Hall–Kier alpha value is -3.71. The van der Waals surface area contributed by atoms with Gasteiger partial charge < -0.3 is 15.3 Å². The fourth-order valence-corrected chi connectivity index (χ4v) is 5.02. The van der Waals surface area contributed by atoms with Crippen LogP contribution in [0.1, 0.15) is 28.2 Å². The summed E-state index contributed by atoms with van der Waals surface area (Å²) in [6, 6.07) is 20.2. The minimum atomic E-state index is -0.558. The van der Waals surface area contributed by atoms with Crippen molar-refractivity contribution in [2.24, 2.45) is 0 Å². The second-order valence-electron chi connectivity index (χ2n) is 8.05. The number of thiazole rings is 1. The highest BCUT2D eigenvalue weighted by Crippen LogP contribution is 2.31. The molecule has 0 saturated carbocycles. The molecule has 33 heavy (non-hydrogen) atoms. The quantitative estimate of drug-likeness (QED) is 0.459. The average molecular weight is 458 g/mol. The largest absolute Gasteiger partial charge is 0.506 e. The average Bonchev–Trinajstić information content (AvgIpc) is 3.53. The second-order valence-corrected chi connectivity index (χ2v) is 8.99. The van der Waals surface area contributed by atoms with Gasteiger partial charge in [0.25, 0.3) is 5.91 Å². The van der Waals surface area contributed by atoms with E-state index in [0.717, 1.165) is 28.1 Å². The van der Waals surface area contributed by atoms with Crippen LogP contribution >= 0.6 is 11.3 Å². The maximum Gasteiger partial charge on any atom is 0.258 e. The van der Waals surface area contributed by atoms with Crippen LogP contribution in [0.2, 0.25) is 0 Å². The number of carbonyl (C=O) groups is 2. The zero-order valence-corrected chi connectivity index (χ0v) is 18.7. The molecule has 2 amide bonds. The number of phenols is 1. The highest BCUT2D eigenvalue weighted by atomic mass is 32.1. The summed E-state index contributed by atoms with van der Waals surface area (Å²) in [5.41, 5.74) is 2.14. The van der Waals surface area contributed by atoms with Gasteiger partial charge in [0.2, 0.25) is 5.91 Å². The number of rotatable bonds is 5. The second kappa shape index (κ2) is 9.03. The monoisotopic (exact) mass is 457 g/mol. The Kier molecular flexibility index (Phi) is 5.79. The molecule has 1 atom stereocenters. The fourth-order valence-electron chi connectivity index (χ4n) is 4.28. The van der Waals surface area contributed by atoms with Crippen molar-refractivity contribution in [3.63, 3.8) is 0 Å². The lowest BCUT2D eigenvalue weighted by Crippen LogP contribution is -2.45. The summed E-state index contributed by atoms with van der Waals surface area (Å²) in [6.45, 7) is 0.800. The van der Waals surface area contributed by atoms with Crippen LogP contribution in [0.3, 0.4) is 0 Å². The zero-order chi connectivity index (χ0) is 22.8. The summed E-state index contributed by atoms with van der Waals surface area (Å²) in [7, 11) is 0. The van der Waals surface area contributed by atoms with Crippen molar-refractivity contribution < 1.29 is 14.7 Å². The highest BCUT2D eigenvalue weighted by Gasteiger charge is 2.35. The number of hydrogen-bond donors (Lipinski definition) is 2.